The van der Waals surface area contributed by atoms with Gasteiger partial charge in [-0.1, -0.05) is 15.9 Å². The van der Waals surface area contributed by atoms with E-state index in [0.29, 0.717) is 6.04 Å². The highest BCUT2D eigenvalue weighted by atomic mass is 79.9. The molecule has 0 saturated carbocycles. The predicted molar refractivity (Wildman–Crippen MR) is 62.2 cm³/mol. The number of β-amino-alcohol motifs (C(OH)–C–C–N with tert-alkyl or cyclic N) is 1. The van der Waals surface area contributed by atoms with Crippen LogP contribution in [0.1, 0.15) is 18.5 Å². The lowest BCUT2D eigenvalue weighted by molar-refractivity contribution is 0.246. The molecule has 0 radical (unpaired) electrons. The van der Waals surface area contributed by atoms with E-state index in [-0.39, 0.29) is 6.61 Å². The molecule has 1 aliphatic heterocycles. The largest absolute Gasteiger partial charge is 0.395 e. The number of fused-ring (bicyclic) bond motifs is 1. The molecule has 2 nitrogen and oxygen atoms in total. The first-order valence-electron chi connectivity index (χ1n) is 4.57. The summed E-state index contributed by atoms with van der Waals surface area (Å²) in [5, 5.41) is 8.91. The number of halogens is 1. The normalized spacial score (nSPS) is 21.2. The van der Waals surface area contributed by atoms with Gasteiger partial charge in [0.2, 0.25) is 0 Å². The Labute approximate surface area is 96.6 Å². The van der Waals surface area contributed by atoms with Crippen molar-refractivity contribution in [2.75, 3.05) is 13.2 Å². The number of benzene rings is 1. The van der Waals surface area contributed by atoms with Gasteiger partial charge in [0.25, 0.3) is 0 Å². The lowest BCUT2D eigenvalue weighted by atomic mass is 10.1. The molecule has 14 heavy (non-hydrogen) atoms. The highest BCUT2D eigenvalue weighted by molar-refractivity contribution is 9.10. The number of aliphatic hydroxyl groups is 1. The Morgan fingerprint density at radius 1 is 1.57 bits per heavy atom. The second-order valence-corrected chi connectivity index (χ2v) is 5.32. The van der Waals surface area contributed by atoms with E-state index in [4.69, 9.17) is 5.11 Å². The van der Waals surface area contributed by atoms with E-state index in [1.54, 1.807) is 11.9 Å². The van der Waals surface area contributed by atoms with Crippen LogP contribution in [-0.2, 0) is 0 Å². The molecule has 76 valence electrons. The first-order chi connectivity index (χ1) is 6.72. The zero-order chi connectivity index (χ0) is 10.1. The van der Waals surface area contributed by atoms with Crippen LogP contribution in [0.5, 0.6) is 0 Å². The third kappa shape index (κ3) is 1.84. The fraction of sp³-hybridized carbons (Fsp3) is 0.400. The van der Waals surface area contributed by atoms with Gasteiger partial charge in [0.15, 0.2) is 0 Å². The summed E-state index contributed by atoms with van der Waals surface area (Å²) in [5.74, 6) is 0. The van der Waals surface area contributed by atoms with Gasteiger partial charge in [0.1, 0.15) is 0 Å². The number of hydrogen-bond acceptors (Lipinski definition) is 3. The summed E-state index contributed by atoms with van der Waals surface area (Å²) in [7, 11) is 0. The number of rotatable bonds is 2. The standard InChI is InChI=1S/C10H12BrNOS/c1-7-9-6-8(11)2-3-10(9)14-12(7)4-5-13/h2-3,6-7,13H,4-5H2,1H3. The fourth-order valence-corrected chi connectivity index (χ4v) is 3.17. The van der Waals surface area contributed by atoms with E-state index >= 15 is 0 Å². The Kier molecular flexibility index (Phi) is 3.17. The zero-order valence-corrected chi connectivity index (χ0v) is 10.3. The minimum absolute atomic E-state index is 0.215. The van der Waals surface area contributed by atoms with Gasteiger partial charge < -0.3 is 5.11 Å². The zero-order valence-electron chi connectivity index (χ0n) is 7.90. The molecule has 1 N–H and O–H groups in total. The van der Waals surface area contributed by atoms with Gasteiger partial charge in [-0.05, 0) is 42.6 Å². The van der Waals surface area contributed by atoms with Gasteiger partial charge in [-0.3, -0.25) is 0 Å². The smallest absolute Gasteiger partial charge is 0.0568 e. The Morgan fingerprint density at radius 3 is 3.07 bits per heavy atom. The first kappa shape index (κ1) is 10.5. The molecule has 0 aliphatic carbocycles. The molecule has 2 rings (SSSR count). The summed E-state index contributed by atoms with van der Waals surface area (Å²) in [5.41, 5.74) is 1.35. The van der Waals surface area contributed by atoms with Gasteiger partial charge in [-0.15, -0.1) is 0 Å². The summed E-state index contributed by atoms with van der Waals surface area (Å²) in [6, 6.07) is 6.73. The van der Waals surface area contributed by atoms with Crippen molar-refractivity contribution in [1.29, 1.82) is 0 Å². The van der Waals surface area contributed by atoms with Crippen LogP contribution in [0.3, 0.4) is 0 Å². The third-order valence-electron chi connectivity index (χ3n) is 2.39. The molecule has 1 heterocycles. The Bertz CT molecular complexity index is 345. The summed E-state index contributed by atoms with van der Waals surface area (Å²) in [6.45, 7) is 3.10. The molecule has 0 fully saturated rings. The summed E-state index contributed by atoms with van der Waals surface area (Å²) in [4.78, 5) is 1.30. The molecule has 0 aromatic heterocycles. The molecule has 0 saturated heterocycles. The van der Waals surface area contributed by atoms with Crippen molar-refractivity contribution in [3.8, 4) is 0 Å². The van der Waals surface area contributed by atoms with Gasteiger partial charge in [0, 0.05) is 22.0 Å². The lowest BCUT2D eigenvalue weighted by Crippen LogP contribution is -2.18. The van der Waals surface area contributed by atoms with Crippen LogP contribution >= 0.6 is 27.9 Å². The second kappa shape index (κ2) is 4.23. The maximum absolute atomic E-state index is 8.91. The van der Waals surface area contributed by atoms with E-state index in [0.717, 1.165) is 11.0 Å². The Balaban J connectivity index is 2.27. The van der Waals surface area contributed by atoms with Crippen LogP contribution in [0.25, 0.3) is 0 Å². The van der Waals surface area contributed by atoms with E-state index in [9.17, 15) is 0 Å². The van der Waals surface area contributed by atoms with Crippen molar-refractivity contribution < 1.29 is 5.11 Å². The predicted octanol–water partition coefficient (Wildman–Crippen LogP) is 2.83. The van der Waals surface area contributed by atoms with Crippen LogP contribution in [-0.4, -0.2) is 22.6 Å². The molecule has 1 aromatic carbocycles. The van der Waals surface area contributed by atoms with Crippen LogP contribution in [0, 0.1) is 0 Å². The average molecular weight is 274 g/mol. The van der Waals surface area contributed by atoms with Crippen LogP contribution < -0.4 is 0 Å². The Morgan fingerprint density at radius 2 is 2.36 bits per heavy atom. The first-order valence-corrected chi connectivity index (χ1v) is 6.14. The van der Waals surface area contributed by atoms with Crippen molar-refractivity contribution >= 4 is 27.9 Å². The van der Waals surface area contributed by atoms with Gasteiger partial charge in [-0.25, -0.2) is 4.31 Å². The van der Waals surface area contributed by atoms with Crippen molar-refractivity contribution in [2.24, 2.45) is 0 Å². The van der Waals surface area contributed by atoms with Crippen LogP contribution in [0.15, 0.2) is 27.6 Å². The third-order valence-corrected chi connectivity index (χ3v) is 4.18. The minimum atomic E-state index is 0.215. The summed E-state index contributed by atoms with van der Waals surface area (Å²) in [6.07, 6.45) is 0. The van der Waals surface area contributed by atoms with Gasteiger partial charge >= 0.3 is 0 Å². The van der Waals surface area contributed by atoms with E-state index in [2.05, 4.69) is 45.4 Å². The highest BCUT2D eigenvalue weighted by Crippen LogP contribution is 2.44. The molecule has 0 bridgehead atoms. The molecule has 1 atom stereocenters. The second-order valence-electron chi connectivity index (χ2n) is 3.31. The number of nitrogens with zero attached hydrogens (tertiary/aromatic N) is 1. The van der Waals surface area contributed by atoms with Crippen molar-refractivity contribution in [3.63, 3.8) is 0 Å². The van der Waals surface area contributed by atoms with Crippen LogP contribution in [0.4, 0.5) is 0 Å². The monoisotopic (exact) mass is 273 g/mol. The fourth-order valence-electron chi connectivity index (χ4n) is 1.63. The molecular formula is C10H12BrNOS. The molecule has 1 aliphatic rings. The van der Waals surface area contributed by atoms with E-state index in [1.807, 2.05) is 0 Å². The lowest BCUT2D eigenvalue weighted by Gasteiger charge is -2.18. The summed E-state index contributed by atoms with van der Waals surface area (Å²) >= 11 is 5.20. The minimum Gasteiger partial charge on any atom is -0.395 e. The van der Waals surface area contributed by atoms with E-state index in [1.165, 1.54) is 10.5 Å². The maximum Gasteiger partial charge on any atom is 0.0568 e. The SMILES string of the molecule is CC1c2cc(Br)ccc2SN1CCO. The molecule has 0 amide bonds. The molecule has 4 heteroatoms. The Hall–Kier alpha value is -0.0300. The molecule has 0 spiro atoms. The van der Waals surface area contributed by atoms with Crippen molar-refractivity contribution in [3.05, 3.63) is 28.2 Å². The van der Waals surface area contributed by atoms with Crippen molar-refractivity contribution in [1.82, 2.24) is 4.31 Å². The topological polar surface area (TPSA) is 23.5 Å². The van der Waals surface area contributed by atoms with Gasteiger partial charge in [0.05, 0.1) is 6.61 Å². The molecular weight excluding hydrogens is 262 g/mol. The van der Waals surface area contributed by atoms with Gasteiger partial charge in [-0.2, -0.15) is 0 Å². The molecule has 1 aromatic rings. The van der Waals surface area contributed by atoms with E-state index < -0.39 is 0 Å². The summed E-state index contributed by atoms with van der Waals surface area (Å²) < 4.78 is 3.33. The average Bonchev–Trinajstić information content (AvgIpc) is 2.46. The number of hydrogen-bond donors (Lipinski definition) is 1. The quantitative estimate of drug-likeness (QED) is 0.839. The van der Waals surface area contributed by atoms with Crippen LogP contribution in [0.2, 0.25) is 0 Å². The molecule has 1 unspecified atom stereocenters. The highest BCUT2D eigenvalue weighted by Gasteiger charge is 2.27. The maximum atomic E-state index is 8.91. The van der Waals surface area contributed by atoms with Crippen molar-refractivity contribution in [2.45, 2.75) is 17.9 Å². The number of aliphatic hydroxyl groups excluding tert-OH is 1.